The molecular weight excluding hydrogens is 370 g/mol. The van der Waals surface area contributed by atoms with Crippen molar-refractivity contribution in [1.29, 1.82) is 0 Å². The number of fused-ring (bicyclic) bond motifs is 1. The molecule has 0 bridgehead atoms. The summed E-state index contributed by atoms with van der Waals surface area (Å²) in [6.07, 6.45) is 5.38. The van der Waals surface area contributed by atoms with E-state index >= 15 is 0 Å². The molecule has 1 aliphatic heterocycles. The number of aryl methyl sites for hydroxylation is 3. The third kappa shape index (κ3) is 3.79. The Kier molecular flexibility index (Phi) is 5.42. The monoisotopic (exact) mass is 397 g/mol. The summed E-state index contributed by atoms with van der Waals surface area (Å²) in [6, 6.07) is 7.94. The van der Waals surface area contributed by atoms with Gasteiger partial charge in [-0.15, -0.1) is 0 Å². The average molecular weight is 397 g/mol. The Bertz CT molecular complexity index is 1100. The third-order valence-corrected chi connectivity index (χ3v) is 5.66. The highest BCUT2D eigenvalue weighted by atomic mass is 16.5. The number of rotatable bonds is 5. The number of H-pyrrole nitrogens is 1. The van der Waals surface area contributed by atoms with Crippen LogP contribution in [0.5, 0.6) is 5.75 Å². The molecule has 1 saturated heterocycles. The summed E-state index contributed by atoms with van der Waals surface area (Å²) in [5.41, 5.74) is 1.22. The standard InChI is InChI=1S/C21H27N5O3/c1-24-18-17(19(27)23-21(24)28)26(14-11-15-7-9-16(29-2)10-8-15)20(22-18)25-12-5-3-4-6-13-25/h7-10H,3-6,11-14H2,1-2H3,(H,23,27,28). The molecule has 1 N–H and O–H groups in total. The zero-order valence-electron chi connectivity index (χ0n) is 17.0. The van der Waals surface area contributed by atoms with Crippen molar-refractivity contribution in [1.82, 2.24) is 19.1 Å². The van der Waals surface area contributed by atoms with Crippen LogP contribution in [0.3, 0.4) is 0 Å². The molecule has 8 nitrogen and oxygen atoms in total. The molecule has 8 heteroatoms. The van der Waals surface area contributed by atoms with Gasteiger partial charge in [-0.2, -0.15) is 4.98 Å². The smallest absolute Gasteiger partial charge is 0.329 e. The van der Waals surface area contributed by atoms with Gasteiger partial charge in [0.1, 0.15) is 5.75 Å². The van der Waals surface area contributed by atoms with E-state index in [2.05, 4.69) is 9.88 Å². The Hall–Kier alpha value is -3.03. The Morgan fingerprint density at radius 3 is 2.41 bits per heavy atom. The lowest BCUT2D eigenvalue weighted by Gasteiger charge is -2.22. The fourth-order valence-corrected chi connectivity index (χ4v) is 3.98. The fourth-order valence-electron chi connectivity index (χ4n) is 3.98. The molecule has 0 unspecified atom stereocenters. The first kappa shape index (κ1) is 19.3. The van der Waals surface area contributed by atoms with Crippen molar-refractivity contribution in [2.24, 2.45) is 7.05 Å². The van der Waals surface area contributed by atoms with E-state index in [1.807, 2.05) is 28.8 Å². The van der Waals surface area contributed by atoms with Crippen LogP contribution in [0.2, 0.25) is 0 Å². The van der Waals surface area contributed by atoms with E-state index < -0.39 is 5.69 Å². The molecule has 0 spiro atoms. The van der Waals surface area contributed by atoms with E-state index in [1.54, 1.807) is 14.2 Å². The minimum absolute atomic E-state index is 0.383. The zero-order chi connectivity index (χ0) is 20.4. The van der Waals surface area contributed by atoms with Crippen molar-refractivity contribution in [3.05, 3.63) is 50.7 Å². The van der Waals surface area contributed by atoms with Crippen molar-refractivity contribution in [2.75, 3.05) is 25.1 Å². The van der Waals surface area contributed by atoms with E-state index in [0.717, 1.165) is 49.6 Å². The van der Waals surface area contributed by atoms with Gasteiger partial charge in [-0.25, -0.2) is 4.79 Å². The molecule has 0 aliphatic carbocycles. The number of hydrogen-bond acceptors (Lipinski definition) is 5. The van der Waals surface area contributed by atoms with Crippen LogP contribution >= 0.6 is 0 Å². The number of aromatic nitrogens is 4. The number of imidazole rings is 1. The van der Waals surface area contributed by atoms with Crippen molar-refractivity contribution in [3.63, 3.8) is 0 Å². The lowest BCUT2D eigenvalue weighted by atomic mass is 10.1. The van der Waals surface area contributed by atoms with Gasteiger partial charge in [0.05, 0.1) is 7.11 Å². The Morgan fingerprint density at radius 2 is 1.76 bits per heavy atom. The van der Waals surface area contributed by atoms with Gasteiger partial charge in [0.2, 0.25) is 5.95 Å². The number of aromatic amines is 1. The number of hydrogen-bond donors (Lipinski definition) is 1. The summed E-state index contributed by atoms with van der Waals surface area (Å²) in [5, 5.41) is 0. The molecule has 1 fully saturated rings. The molecule has 3 aromatic rings. The fraction of sp³-hybridized carbons (Fsp3) is 0.476. The third-order valence-electron chi connectivity index (χ3n) is 5.66. The molecule has 29 heavy (non-hydrogen) atoms. The highest BCUT2D eigenvalue weighted by Crippen LogP contribution is 2.23. The van der Waals surface area contributed by atoms with E-state index in [0.29, 0.717) is 17.7 Å². The number of benzene rings is 1. The van der Waals surface area contributed by atoms with Crippen molar-refractivity contribution >= 4 is 17.1 Å². The molecular formula is C21H27N5O3. The van der Waals surface area contributed by atoms with Crippen LogP contribution in [0, 0.1) is 0 Å². The minimum atomic E-state index is -0.440. The van der Waals surface area contributed by atoms with Crippen molar-refractivity contribution in [2.45, 2.75) is 38.6 Å². The molecule has 0 amide bonds. The second-order valence-electron chi connectivity index (χ2n) is 7.55. The van der Waals surface area contributed by atoms with Crippen LogP contribution in [0.15, 0.2) is 33.9 Å². The summed E-state index contributed by atoms with van der Waals surface area (Å²) >= 11 is 0. The highest BCUT2D eigenvalue weighted by molar-refractivity contribution is 5.74. The largest absolute Gasteiger partial charge is 0.497 e. The lowest BCUT2D eigenvalue weighted by molar-refractivity contribution is 0.414. The maximum absolute atomic E-state index is 12.7. The molecule has 154 valence electrons. The molecule has 3 heterocycles. The Labute approximate surface area is 168 Å². The Balaban J connectivity index is 1.76. The summed E-state index contributed by atoms with van der Waals surface area (Å²) in [6.45, 7) is 2.44. The molecule has 0 atom stereocenters. The van der Waals surface area contributed by atoms with Crippen molar-refractivity contribution < 1.29 is 4.74 Å². The Morgan fingerprint density at radius 1 is 1.07 bits per heavy atom. The molecule has 4 rings (SSSR count). The summed E-state index contributed by atoms with van der Waals surface area (Å²) in [5.74, 6) is 1.60. The predicted octanol–water partition coefficient (Wildman–Crippen LogP) is 2.05. The maximum atomic E-state index is 12.7. The van der Waals surface area contributed by atoms with E-state index in [9.17, 15) is 9.59 Å². The van der Waals surface area contributed by atoms with Gasteiger partial charge >= 0.3 is 5.69 Å². The van der Waals surface area contributed by atoms with Crippen LogP contribution in [0.1, 0.15) is 31.2 Å². The van der Waals surface area contributed by atoms with E-state index in [1.165, 1.54) is 17.4 Å². The average Bonchev–Trinajstić information content (AvgIpc) is 2.91. The summed E-state index contributed by atoms with van der Waals surface area (Å²) in [7, 11) is 3.30. The van der Waals surface area contributed by atoms with Gasteiger partial charge in [-0.1, -0.05) is 25.0 Å². The second kappa shape index (κ2) is 8.14. The van der Waals surface area contributed by atoms with Gasteiger partial charge in [0, 0.05) is 26.7 Å². The topological polar surface area (TPSA) is 85.2 Å². The quantitative estimate of drug-likeness (QED) is 0.712. The number of ether oxygens (including phenoxy) is 1. The molecule has 0 saturated carbocycles. The zero-order valence-corrected chi connectivity index (χ0v) is 17.0. The van der Waals surface area contributed by atoms with Crippen LogP contribution in [-0.4, -0.2) is 39.3 Å². The van der Waals surface area contributed by atoms with Crippen LogP contribution in [0.25, 0.3) is 11.2 Å². The SMILES string of the molecule is COc1ccc(CCn2c(N3CCCCCC3)nc3c2c(=O)[nH]c(=O)n3C)cc1. The molecule has 1 aliphatic rings. The highest BCUT2D eigenvalue weighted by Gasteiger charge is 2.22. The molecule has 2 aromatic heterocycles. The van der Waals surface area contributed by atoms with Gasteiger partial charge < -0.3 is 14.2 Å². The van der Waals surface area contributed by atoms with Crippen molar-refractivity contribution in [3.8, 4) is 5.75 Å². The van der Waals surface area contributed by atoms with Gasteiger partial charge in [-0.05, 0) is 37.0 Å². The van der Waals surface area contributed by atoms with Gasteiger partial charge in [-0.3, -0.25) is 14.3 Å². The first-order valence-corrected chi connectivity index (χ1v) is 10.2. The first-order valence-electron chi connectivity index (χ1n) is 10.2. The molecule has 1 aromatic carbocycles. The molecule has 0 radical (unpaired) electrons. The van der Waals surface area contributed by atoms with E-state index in [4.69, 9.17) is 9.72 Å². The van der Waals surface area contributed by atoms with Crippen LogP contribution in [-0.2, 0) is 20.0 Å². The maximum Gasteiger partial charge on any atom is 0.329 e. The number of nitrogens with zero attached hydrogens (tertiary/aromatic N) is 4. The number of nitrogens with one attached hydrogen (secondary N) is 1. The number of anilines is 1. The van der Waals surface area contributed by atoms with Gasteiger partial charge in [0.25, 0.3) is 5.56 Å². The summed E-state index contributed by atoms with van der Waals surface area (Å²) < 4.78 is 8.62. The normalized spacial score (nSPS) is 14.9. The van der Waals surface area contributed by atoms with Gasteiger partial charge in [0.15, 0.2) is 11.2 Å². The second-order valence-corrected chi connectivity index (χ2v) is 7.55. The van der Waals surface area contributed by atoms with Crippen LogP contribution < -0.4 is 20.9 Å². The predicted molar refractivity (Wildman–Crippen MR) is 113 cm³/mol. The number of methoxy groups -OCH3 is 1. The lowest BCUT2D eigenvalue weighted by Crippen LogP contribution is -2.30. The first-order chi connectivity index (χ1) is 14.1. The van der Waals surface area contributed by atoms with Crippen LogP contribution in [0.4, 0.5) is 5.95 Å². The minimum Gasteiger partial charge on any atom is -0.497 e. The summed E-state index contributed by atoms with van der Waals surface area (Å²) in [4.78, 5) is 34.2. The van der Waals surface area contributed by atoms with E-state index in [-0.39, 0.29) is 5.56 Å².